The van der Waals surface area contributed by atoms with Crippen molar-refractivity contribution < 1.29 is 13.2 Å². The highest BCUT2D eigenvalue weighted by Crippen LogP contribution is 2.21. The predicted octanol–water partition coefficient (Wildman–Crippen LogP) is 0.465. The molecule has 76 valence electrons. The summed E-state index contributed by atoms with van der Waals surface area (Å²) < 4.78 is 31.1. The first kappa shape index (κ1) is 9.07. The lowest BCUT2D eigenvalue weighted by Gasteiger charge is -2.08. The van der Waals surface area contributed by atoms with Gasteiger partial charge in [0, 0.05) is 12.3 Å². The molecule has 0 radical (unpaired) electrons. The minimum absolute atomic E-state index is 0.385. The van der Waals surface area contributed by atoms with Gasteiger partial charge in [-0.15, -0.1) is 5.10 Å². The molecular formula is C7H9N3O3S. The van der Waals surface area contributed by atoms with E-state index in [4.69, 9.17) is 4.74 Å². The zero-order valence-electron chi connectivity index (χ0n) is 7.47. The van der Waals surface area contributed by atoms with Crippen molar-refractivity contribution in [1.29, 1.82) is 0 Å². The third kappa shape index (κ3) is 1.58. The molecule has 0 amide bonds. The van der Waals surface area contributed by atoms with Gasteiger partial charge < -0.3 is 4.74 Å². The molecule has 0 aromatic carbocycles. The van der Waals surface area contributed by atoms with E-state index in [-0.39, 0.29) is 0 Å². The molecule has 0 saturated carbocycles. The van der Waals surface area contributed by atoms with Crippen molar-refractivity contribution in [3.8, 4) is 5.88 Å². The molecule has 0 fully saturated rings. The van der Waals surface area contributed by atoms with Gasteiger partial charge in [-0.25, -0.2) is 13.1 Å². The molecule has 7 heteroatoms. The van der Waals surface area contributed by atoms with E-state index in [2.05, 4.69) is 9.82 Å². The van der Waals surface area contributed by atoms with Crippen LogP contribution >= 0.6 is 0 Å². The lowest BCUT2D eigenvalue weighted by molar-refractivity contribution is 0.325. The summed E-state index contributed by atoms with van der Waals surface area (Å²) in [5, 5.41) is 5.03. The molecule has 0 aliphatic carbocycles. The van der Waals surface area contributed by atoms with Crippen LogP contribution in [0.1, 0.15) is 6.92 Å². The zero-order valence-corrected chi connectivity index (χ0v) is 8.28. The molecule has 0 saturated heterocycles. The number of fused-ring (bicyclic) bond motifs is 1. The van der Waals surface area contributed by atoms with Crippen LogP contribution in [-0.2, 0) is 10.0 Å². The van der Waals surface area contributed by atoms with Crippen LogP contribution in [0.15, 0.2) is 11.5 Å². The van der Waals surface area contributed by atoms with Crippen LogP contribution in [0, 0.1) is 0 Å². The average molecular weight is 215 g/mol. The summed E-state index contributed by atoms with van der Waals surface area (Å²) in [5.74, 6) is 0.785. The van der Waals surface area contributed by atoms with Crippen molar-refractivity contribution in [3.05, 3.63) is 11.5 Å². The maximum absolute atomic E-state index is 11.1. The van der Waals surface area contributed by atoms with Crippen molar-refractivity contribution in [2.45, 2.75) is 6.92 Å². The second-order valence-electron chi connectivity index (χ2n) is 2.68. The molecular weight excluding hydrogens is 206 g/mol. The zero-order chi connectivity index (χ0) is 10.2. The first-order valence-electron chi connectivity index (χ1n) is 4.04. The normalized spacial score (nSPS) is 17.2. The van der Waals surface area contributed by atoms with Crippen LogP contribution in [0.25, 0.3) is 6.20 Å². The molecule has 0 atom stereocenters. The molecule has 1 aromatic heterocycles. The molecule has 0 bridgehead atoms. The van der Waals surface area contributed by atoms with Gasteiger partial charge in [0.15, 0.2) is 0 Å². The summed E-state index contributed by atoms with van der Waals surface area (Å²) in [6.07, 6.45) is 1.36. The molecule has 1 N–H and O–H groups in total. The van der Waals surface area contributed by atoms with Gasteiger partial charge in [0.2, 0.25) is 5.88 Å². The van der Waals surface area contributed by atoms with Gasteiger partial charge in [0.25, 0.3) is 10.0 Å². The second kappa shape index (κ2) is 3.02. The molecule has 2 heterocycles. The fraction of sp³-hybridized carbons (Fsp3) is 0.286. The van der Waals surface area contributed by atoms with Crippen LogP contribution < -0.4 is 9.46 Å². The molecule has 1 aliphatic heterocycles. The summed E-state index contributed by atoms with van der Waals surface area (Å²) in [4.78, 5) is 0. The Hall–Kier alpha value is -1.50. The highest BCUT2D eigenvalue weighted by molar-refractivity contribution is 7.95. The lowest BCUT2D eigenvalue weighted by Crippen LogP contribution is -2.15. The molecule has 1 aromatic rings. The molecule has 6 nitrogen and oxygen atoms in total. The van der Waals surface area contributed by atoms with Gasteiger partial charge in [-0.05, 0) is 6.92 Å². The van der Waals surface area contributed by atoms with E-state index in [1.54, 1.807) is 0 Å². The minimum atomic E-state index is -3.34. The molecule has 1 aliphatic rings. The van der Waals surface area contributed by atoms with E-state index in [9.17, 15) is 8.42 Å². The summed E-state index contributed by atoms with van der Waals surface area (Å²) in [6, 6.07) is 1.53. The van der Waals surface area contributed by atoms with E-state index in [0.717, 1.165) is 5.41 Å². The Labute approximate surface area is 81.2 Å². The lowest BCUT2D eigenvalue weighted by atomic mass is 10.6. The number of nitrogens with one attached hydrogen (secondary N) is 1. The Kier molecular flexibility index (Phi) is 1.95. The van der Waals surface area contributed by atoms with Crippen LogP contribution in [0.4, 0.5) is 5.82 Å². The van der Waals surface area contributed by atoms with E-state index < -0.39 is 10.0 Å². The van der Waals surface area contributed by atoms with Crippen LogP contribution in [-0.4, -0.2) is 24.8 Å². The number of hydrogen-bond donors (Lipinski definition) is 1. The Morgan fingerprint density at radius 1 is 1.64 bits per heavy atom. The van der Waals surface area contributed by atoms with Crippen molar-refractivity contribution in [2.75, 3.05) is 11.3 Å². The number of ether oxygens (including phenoxy) is 1. The Balaban J connectivity index is 2.37. The third-order valence-electron chi connectivity index (χ3n) is 1.63. The number of nitrogens with zero attached hydrogens (tertiary/aromatic N) is 2. The minimum Gasteiger partial charge on any atom is -0.477 e. The third-order valence-corrected chi connectivity index (χ3v) is 2.61. The van der Waals surface area contributed by atoms with E-state index in [1.807, 2.05) is 6.92 Å². The van der Waals surface area contributed by atoms with Gasteiger partial charge in [-0.3, -0.25) is 4.72 Å². The SMILES string of the molecule is CCOc1cc2n(n1)C=CS(=O)(=O)N2. The molecule has 0 spiro atoms. The highest BCUT2D eigenvalue weighted by Gasteiger charge is 2.16. The van der Waals surface area contributed by atoms with Crippen molar-refractivity contribution in [1.82, 2.24) is 9.78 Å². The van der Waals surface area contributed by atoms with Gasteiger partial charge in [-0.1, -0.05) is 0 Å². The van der Waals surface area contributed by atoms with Crippen LogP contribution in [0.2, 0.25) is 0 Å². The standard InChI is InChI=1S/C7H9N3O3S/c1-2-13-7-5-6-9-14(11,12)4-3-10(6)8-7/h3-5,9H,2H2,1H3. The quantitative estimate of drug-likeness (QED) is 0.778. The highest BCUT2D eigenvalue weighted by atomic mass is 32.2. The second-order valence-corrected chi connectivity index (χ2v) is 4.24. The Bertz CT molecular complexity index is 474. The molecule has 14 heavy (non-hydrogen) atoms. The largest absolute Gasteiger partial charge is 0.477 e. The summed E-state index contributed by atoms with van der Waals surface area (Å²) in [5.41, 5.74) is 0. The predicted molar refractivity (Wildman–Crippen MR) is 51.3 cm³/mol. The fourth-order valence-corrected chi connectivity index (χ4v) is 1.89. The number of anilines is 1. The van der Waals surface area contributed by atoms with Gasteiger partial charge in [0.1, 0.15) is 5.82 Å². The number of sulfonamides is 1. The van der Waals surface area contributed by atoms with E-state index >= 15 is 0 Å². The maximum atomic E-state index is 11.1. The van der Waals surface area contributed by atoms with Crippen molar-refractivity contribution in [2.24, 2.45) is 0 Å². The molecule has 0 unspecified atom stereocenters. The smallest absolute Gasteiger partial charge is 0.257 e. The monoisotopic (exact) mass is 215 g/mol. The number of rotatable bonds is 2. The van der Waals surface area contributed by atoms with Gasteiger partial charge >= 0.3 is 0 Å². The number of hydrogen-bond acceptors (Lipinski definition) is 4. The van der Waals surface area contributed by atoms with Crippen molar-refractivity contribution >= 4 is 22.0 Å². The van der Waals surface area contributed by atoms with E-state index in [0.29, 0.717) is 18.3 Å². The molecule has 2 rings (SSSR count). The topological polar surface area (TPSA) is 73.2 Å². The summed E-state index contributed by atoms with van der Waals surface area (Å²) >= 11 is 0. The Morgan fingerprint density at radius 2 is 2.43 bits per heavy atom. The van der Waals surface area contributed by atoms with Gasteiger partial charge in [-0.2, -0.15) is 0 Å². The van der Waals surface area contributed by atoms with Crippen LogP contribution in [0.5, 0.6) is 5.88 Å². The maximum Gasteiger partial charge on any atom is 0.257 e. The first-order chi connectivity index (χ1) is 6.61. The number of aromatic nitrogens is 2. The summed E-state index contributed by atoms with van der Waals surface area (Å²) in [7, 11) is -3.34. The summed E-state index contributed by atoms with van der Waals surface area (Å²) in [6.45, 7) is 2.32. The fourth-order valence-electron chi connectivity index (χ4n) is 1.10. The van der Waals surface area contributed by atoms with E-state index in [1.165, 1.54) is 16.9 Å². The van der Waals surface area contributed by atoms with Crippen LogP contribution in [0.3, 0.4) is 0 Å². The van der Waals surface area contributed by atoms with Gasteiger partial charge in [0.05, 0.1) is 12.0 Å². The van der Waals surface area contributed by atoms with Crippen molar-refractivity contribution in [3.63, 3.8) is 0 Å². The first-order valence-corrected chi connectivity index (χ1v) is 5.59. The Morgan fingerprint density at radius 3 is 3.14 bits per heavy atom. The average Bonchev–Trinajstić information content (AvgIpc) is 2.45.